The van der Waals surface area contributed by atoms with Gasteiger partial charge in [0.1, 0.15) is 4.83 Å². The molecule has 5 nitrogen and oxygen atoms in total. The number of anilines is 1. The van der Waals surface area contributed by atoms with E-state index in [1.807, 2.05) is 99.6 Å². The normalized spacial score (nSPS) is 11.1. The molecular formula is C29H25N3O2S2. The first-order valence-corrected chi connectivity index (χ1v) is 13.4. The van der Waals surface area contributed by atoms with Gasteiger partial charge in [-0.1, -0.05) is 72.4 Å². The van der Waals surface area contributed by atoms with E-state index in [-0.39, 0.29) is 17.2 Å². The Labute approximate surface area is 217 Å². The summed E-state index contributed by atoms with van der Waals surface area (Å²) in [5, 5.41) is 4.10. The van der Waals surface area contributed by atoms with Crippen LogP contribution in [0.5, 0.6) is 0 Å². The summed E-state index contributed by atoms with van der Waals surface area (Å²) in [4.78, 5) is 33.4. The molecule has 0 aliphatic carbocycles. The number of nitrogens with zero attached hydrogens (tertiary/aromatic N) is 2. The van der Waals surface area contributed by atoms with Crippen molar-refractivity contribution in [1.29, 1.82) is 0 Å². The Balaban J connectivity index is 1.56. The summed E-state index contributed by atoms with van der Waals surface area (Å²) in [5.74, 6) is -0.0105. The van der Waals surface area contributed by atoms with E-state index in [1.54, 1.807) is 4.57 Å². The Kier molecular flexibility index (Phi) is 6.76. The molecule has 0 bridgehead atoms. The number of amides is 1. The van der Waals surface area contributed by atoms with Crippen LogP contribution in [0.15, 0.2) is 88.8 Å². The van der Waals surface area contributed by atoms with Gasteiger partial charge >= 0.3 is 0 Å². The maximum Gasteiger partial charge on any atom is 0.268 e. The molecule has 5 rings (SSSR count). The summed E-state index contributed by atoms with van der Waals surface area (Å²) in [7, 11) is 0. The van der Waals surface area contributed by atoms with Crippen molar-refractivity contribution < 1.29 is 4.79 Å². The highest BCUT2D eigenvalue weighted by Gasteiger charge is 2.21. The van der Waals surface area contributed by atoms with E-state index in [1.165, 1.54) is 23.1 Å². The molecule has 0 saturated carbocycles. The molecule has 5 aromatic rings. The van der Waals surface area contributed by atoms with Crippen molar-refractivity contribution in [2.45, 2.75) is 25.9 Å². The van der Waals surface area contributed by atoms with E-state index in [0.29, 0.717) is 15.4 Å². The molecule has 0 spiro atoms. The third kappa shape index (κ3) is 4.59. The molecule has 0 aliphatic rings. The SMILES string of the molecule is Cc1cccc(NC(=O)CSc2nc3sc(C)c(-c4ccccc4)c3c(=O)n2-c2ccccc2)c1C. The number of thioether (sulfide) groups is 1. The lowest BCUT2D eigenvalue weighted by atomic mass is 10.0. The van der Waals surface area contributed by atoms with Crippen molar-refractivity contribution in [2.75, 3.05) is 11.1 Å². The van der Waals surface area contributed by atoms with Gasteiger partial charge in [-0.25, -0.2) is 4.98 Å². The number of aromatic nitrogens is 2. The minimum atomic E-state index is -0.144. The summed E-state index contributed by atoms with van der Waals surface area (Å²) in [6, 6.07) is 25.3. The number of thiophene rings is 1. The maximum absolute atomic E-state index is 14.0. The van der Waals surface area contributed by atoms with Crippen LogP contribution in [-0.4, -0.2) is 21.2 Å². The minimum Gasteiger partial charge on any atom is -0.325 e. The highest BCUT2D eigenvalue weighted by Crippen LogP contribution is 2.37. The van der Waals surface area contributed by atoms with Gasteiger partial charge in [0, 0.05) is 16.1 Å². The van der Waals surface area contributed by atoms with E-state index < -0.39 is 0 Å². The van der Waals surface area contributed by atoms with Crippen molar-refractivity contribution in [3.05, 3.63) is 105 Å². The molecule has 0 unspecified atom stereocenters. The van der Waals surface area contributed by atoms with Gasteiger partial charge in [0.15, 0.2) is 5.16 Å². The number of carbonyl (C=O) groups excluding carboxylic acids is 1. The van der Waals surface area contributed by atoms with Gasteiger partial charge in [-0.2, -0.15) is 0 Å². The van der Waals surface area contributed by atoms with Crippen molar-refractivity contribution in [3.8, 4) is 16.8 Å². The Hall–Kier alpha value is -3.68. The van der Waals surface area contributed by atoms with Crippen molar-refractivity contribution in [2.24, 2.45) is 0 Å². The van der Waals surface area contributed by atoms with Crippen LogP contribution in [0.2, 0.25) is 0 Å². The fraction of sp³-hybridized carbons (Fsp3) is 0.138. The number of carbonyl (C=O) groups is 1. The molecule has 3 aromatic carbocycles. The second kappa shape index (κ2) is 10.1. The molecule has 0 aliphatic heterocycles. The monoisotopic (exact) mass is 511 g/mol. The lowest BCUT2D eigenvalue weighted by Gasteiger charge is -2.13. The van der Waals surface area contributed by atoms with Crippen molar-refractivity contribution in [3.63, 3.8) is 0 Å². The standard InChI is InChI=1S/C29H25N3O2S2/c1-18-11-10-16-23(19(18)2)30-24(33)17-35-29-31-27-26(28(34)32(29)22-14-8-5-9-15-22)25(20(3)36-27)21-12-6-4-7-13-21/h4-16H,17H2,1-3H3,(H,30,33). The predicted molar refractivity (Wildman–Crippen MR) is 151 cm³/mol. The second-order valence-electron chi connectivity index (χ2n) is 8.53. The van der Waals surface area contributed by atoms with Gasteiger partial charge in [-0.15, -0.1) is 11.3 Å². The average Bonchev–Trinajstić information content (AvgIpc) is 3.22. The number of rotatable bonds is 6. The third-order valence-corrected chi connectivity index (χ3v) is 8.10. The number of fused-ring (bicyclic) bond motifs is 1. The number of hydrogen-bond donors (Lipinski definition) is 1. The molecule has 2 heterocycles. The summed E-state index contributed by atoms with van der Waals surface area (Å²) < 4.78 is 1.62. The lowest BCUT2D eigenvalue weighted by Crippen LogP contribution is -2.22. The quantitative estimate of drug-likeness (QED) is 0.202. The first-order chi connectivity index (χ1) is 17.4. The summed E-state index contributed by atoms with van der Waals surface area (Å²) >= 11 is 2.77. The molecule has 7 heteroatoms. The largest absolute Gasteiger partial charge is 0.325 e. The lowest BCUT2D eigenvalue weighted by molar-refractivity contribution is -0.113. The Bertz CT molecular complexity index is 1620. The Morgan fingerprint density at radius 2 is 1.64 bits per heavy atom. The van der Waals surface area contributed by atoms with Crippen LogP contribution in [0.1, 0.15) is 16.0 Å². The van der Waals surface area contributed by atoms with E-state index in [4.69, 9.17) is 4.98 Å². The fourth-order valence-corrected chi connectivity index (χ4v) is 6.10. The number of para-hydroxylation sites is 1. The molecule has 180 valence electrons. The molecule has 0 radical (unpaired) electrons. The molecule has 2 aromatic heterocycles. The highest BCUT2D eigenvalue weighted by atomic mass is 32.2. The maximum atomic E-state index is 14.0. The van der Waals surface area contributed by atoms with Gasteiger partial charge in [0.2, 0.25) is 5.91 Å². The van der Waals surface area contributed by atoms with Crippen LogP contribution in [0, 0.1) is 20.8 Å². The molecule has 0 fully saturated rings. The van der Waals surface area contributed by atoms with Gasteiger partial charge in [0.25, 0.3) is 5.56 Å². The van der Waals surface area contributed by atoms with Crippen molar-refractivity contribution >= 4 is 44.9 Å². The zero-order valence-corrected chi connectivity index (χ0v) is 21.9. The molecular weight excluding hydrogens is 486 g/mol. The zero-order valence-electron chi connectivity index (χ0n) is 20.2. The summed E-state index contributed by atoms with van der Waals surface area (Å²) in [5.41, 5.74) is 5.46. The van der Waals surface area contributed by atoms with Crippen LogP contribution < -0.4 is 10.9 Å². The van der Waals surface area contributed by atoms with E-state index >= 15 is 0 Å². The Morgan fingerprint density at radius 1 is 0.944 bits per heavy atom. The van der Waals surface area contributed by atoms with Crippen LogP contribution in [0.3, 0.4) is 0 Å². The van der Waals surface area contributed by atoms with E-state index in [0.717, 1.165) is 38.5 Å². The van der Waals surface area contributed by atoms with Crippen LogP contribution in [0.25, 0.3) is 27.0 Å². The van der Waals surface area contributed by atoms with Crippen LogP contribution in [0.4, 0.5) is 5.69 Å². The first-order valence-electron chi connectivity index (χ1n) is 11.6. The van der Waals surface area contributed by atoms with Crippen LogP contribution in [-0.2, 0) is 4.79 Å². The molecule has 0 atom stereocenters. The second-order valence-corrected chi connectivity index (χ2v) is 10.7. The number of nitrogens with one attached hydrogen (secondary N) is 1. The smallest absolute Gasteiger partial charge is 0.268 e. The molecule has 0 saturated heterocycles. The van der Waals surface area contributed by atoms with Gasteiger partial charge in [-0.05, 0) is 55.7 Å². The average molecular weight is 512 g/mol. The molecule has 1 amide bonds. The number of benzene rings is 3. The zero-order chi connectivity index (χ0) is 25.2. The van der Waals surface area contributed by atoms with Crippen LogP contribution >= 0.6 is 23.1 Å². The van der Waals surface area contributed by atoms with E-state index in [2.05, 4.69) is 5.32 Å². The number of aryl methyl sites for hydroxylation is 2. The fourth-order valence-electron chi connectivity index (χ4n) is 4.20. The Morgan fingerprint density at radius 3 is 2.36 bits per heavy atom. The van der Waals surface area contributed by atoms with Crippen molar-refractivity contribution in [1.82, 2.24) is 9.55 Å². The first kappa shape index (κ1) is 24.0. The molecule has 36 heavy (non-hydrogen) atoms. The third-order valence-electron chi connectivity index (χ3n) is 6.16. The highest BCUT2D eigenvalue weighted by molar-refractivity contribution is 7.99. The minimum absolute atomic E-state index is 0.133. The van der Waals surface area contributed by atoms with Gasteiger partial charge in [0.05, 0.1) is 16.8 Å². The van der Waals surface area contributed by atoms with E-state index in [9.17, 15) is 9.59 Å². The topological polar surface area (TPSA) is 64.0 Å². The van der Waals surface area contributed by atoms with Gasteiger partial charge < -0.3 is 5.32 Å². The van der Waals surface area contributed by atoms with Gasteiger partial charge in [-0.3, -0.25) is 14.2 Å². The summed E-state index contributed by atoms with van der Waals surface area (Å²) in [6.07, 6.45) is 0. The number of hydrogen-bond acceptors (Lipinski definition) is 5. The predicted octanol–water partition coefficient (Wildman–Crippen LogP) is 6.77. The molecule has 1 N–H and O–H groups in total. The summed E-state index contributed by atoms with van der Waals surface area (Å²) in [6.45, 7) is 6.03.